The van der Waals surface area contributed by atoms with Crippen LogP contribution in [-0.4, -0.2) is 16.0 Å². The molecular weight excluding hydrogens is 306 g/mol. The zero-order valence-electron chi connectivity index (χ0n) is 13.7. The van der Waals surface area contributed by atoms with Gasteiger partial charge in [0.25, 0.3) is 0 Å². The molecule has 0 saturated heterocycles. The van der Waals surface area contributed by atoms with Crippen LogP contribution in [0.4, 0.5) is 0 Å². The number of hydrogen-bond donors (Lipinski definition) is 1. The van der Waals surface area contributed by atoms with Crippen LogP contribution in [0.25, 0.3) is 11.5 Å². The van der Waals surface area contributed by atoms with Crippen LogP contribution < -0.4 is 5.32 Å². The second-order valence-corrected chi connectivity index (χ2v) is 5.61. The SMILES string of the molecule is Cc1noc(C)c1CCC(=O)NCc1ccnc(-c2ccco2)c1. The lowest BCUT2D eigenvalue weighted by molar-refractivity contribution is -0.121. The molecule has 24 heavy (non-hydrogen) atoms. The predicted octanol–water partition coefficient (Wildman–Crippen LogP) is 3.20. The van der Waals surface area contributed by atoms with E-state index < -0.39 is 0 Å². The Morgan fingerprint density at radius 1 is 1.29 bits per heavy atom. The largest absolute Gasteiger partial charge is 0.463 e. The molecule has 6 nitrogen and oxygen atoms in total. The molecule has 3 heterocycles. The van der Waals surface area contributed by atoms with Crippen molar-refractivity contribution in [2.45, 2.75) is 33.2 Å². The number of aryl methyl sites for hydroxylation is 2. The summed E-state index contributed by atoms with van der Waals surface area (Å²) in [6, 6.07) is 7.46. The Labute approximate surface area is 139 Å². The quantitative estimate of drug-likeness (QED) is 0.752. The number of nitrogens with one attached hydrogen (secondary N) is 1. The fourth-order valence-electron chi connectivity index (χ4n) is 2.53. The lowest BCUT2D eigenvalue weighted by atomic mass is 10.1. The van der Waals surface area contributed by atoms with Gasteiger partial charge in [0, 0.05) is 24.7 Å². The third-order valence-corrected chi connectivity index (χ3v) is 3.87. The van der Waals surface area contributed by atoms with Gasteiger partial charge in [-0.3, -0.25) is 9.78 Å². The summed E-state index contributed by atoms with van der Waals surface area (Å²) in [4.78, 5) is 16.3. The molecule has 0 saturated carbocycles. The van der Waals surface area contributed by atoms with Gasteiger partial charge in [-0.15, -0.1) is 0 Å². The summed E-state index contributed by atoms with van der Waals surface area (Å²) >= 11 is 0. The van der Waals surface area contributed by atoms with Crippen molar-refractivity contribution < 1.29 is 13.7 Å². The van der Waals surface area contributed by atoms with Crippen LogP contribution in [0.3, 0.4) is 0 Å². The average molecular weight is 325 g/mol. The van der Waals surface area contributed by atoms with E-state index in [9.17, 15) is 4.79 Å². The smallest absolute Gasteiger partial charge is 0.220 e. The Morgan fingerprint density at radius 3 is 2.88 bits per heavy atom. The third kappa shape index (κ3) is 3.71. The molecule has 0 fully saturated rings. The number of furan rings is 1. The minimum atomic E-state index is -0.00800. The standard InChI is InChI=1S/C18H19N3O3/c1-12-15(13(2)24-21-12)5-6-18(22)20-11-14-7-8-19-16(10-14)17-4-3-9-23-17/h3-4,7-10H,5-6,11H2,1-2H3,(H,20,22). The number of nitrogens with zero attached hydrogens (tertiary/aromatic N) is 2. The molecule has 3 aromatic heterocycles. The van der Waals surface area contributed by atoms with Crippen molar-refractivity contribution in [2.75, 3.05) is 0 Å². The predicted molar refractivity (Wildman–Crippen MR) is 88.1 cm³/mol. The van der Waals surface area contributed by atoms with E-state index in [1.54, 1.807) is 12.5 Å². The molecule has 0 aliphatic heterocycles. The Kier molecular flexibility index (Phi) is 4.74. The van der Waals surface area contributed by atoms with Crippen LogP contribution >= 0.6 is 0 Å². The van der Waals surface area contributed by atoms with Gasteiger partial charge in [-0.1, -0.05) is 5.16 Å². The molecule has 3 rings (SSSR count). The van der Waals surface area contributed by atoms with Gasteiger partial charge in [-0.2, -0.15) is 0 Å². The molecule has 1 amide bonds. The van der Waals surface area contributed by atoms with Gasteiger partial charge in [0.2, 0.25) is 5.91 Å². The zero-order chi connectivity index (χ0) is 16.9. The number of hydrogen-bond acceptors (Lipinski definition) is 5. The van der Waals surface area contributed by atoms with E-state index in [-0.39, 0.29) is 5.91 Å². The van der Waals surface area contributed by atoms with E-state index >= 15 is 0 Å². The van der Waals surface area contributed by atoms with Gasteiger partial charge in [0.15, 0.2) is 5.76 Å². The Hall–Kier alpha value is -2.89. The highest BCUT2D eigenvalue weighted by Gasteiger charge is 2.11. The molecule has 124 valence electrons. The highest BCUT2D eigenvalue weighted by Crippen LogP contribution is 2.18. The van der Waals surface area contributed by atoms with Crippen molar-refractivity contribution in [2.24, 2.45) is 0 Å². The van der Waals surface area contributed by atoms with E-state index in [4.69, 9.17) is 8.94 Å². The molecule has 0 aliphatic carbocycles. The number of amides is 1. The number of rotatable bonds is 6. The maximum atomic E-state index is 12.1. The summed E-state index contributed by atoms with van der Waals surface area (Å²) in [6.45, 7) is 4.20. The van der Waals surface area contributed by atoms with Crippen molar-refractivity contribution >= 4 is 5.91 Å². The molecule has 0 aromatic carbocycles. The molecular formula is C18H19N3O3. The van der Waals surface area contributed by atoms with Crippen molar-refractivity contribution in [1.29, 1.82) is 0 Å². The van der Waals surface area contributed by atoms with Crippen molar-refractivity contribution in [3.63, 3.8) is 0 Å². The van der Waals surface area contributed by atoms with E-state index in [1.165, 1.54) is 0 Å². The summed E-state index contributed by atoms with van der Waals surface area (Å²) in [5.41, 5.74) is 3.58. The molecule has 6 heteroatoms. The van der Waals surface area contributed by atoms with Crippen LogP contribution in [0.2, 0.25) is 0 Å². The number of pyridine rings is 1. The van der Waals surface area contributed by atoms with Crippen LogP contribution in [0.1, 0.15) is 29.0 Å². The first-order valence-corrected chi connectivity index (χ1v) is 7.80. The van der Waals surface area contributed by atoms with Gasteiger partial charge in [-0.25, -0.2) is 0 Å². The lowest BCUT2D eigenvalue weighted by Gasteiger charge is -2.06. The van der Waals surface area contributed by atoms with E-state index in [1.807, 2.05) is 38.1 Å². The molecule has 0 unspecified atom stereocenters. The summed E-state index contributed by atoms with van der Waals surface area (Å²) in [6.07, 6.45) is 4.35. The maximum Gasteiger partial charge on any atom is 0.220 e. The summed E-state index contributed by atoms with van der Waals surface area (Å²) in [5.74, 6) is 1.48. The molecule has 0 atom stereocenters. The second-order valence-electron chi connectivity index (χ2n) is 5.61. The van der Waals surface area contributed by atoms with E-state index in [0.29, 0.717) is 25.1 Å². The van der Waals surface area contributed by atoms with Gasteiger partial charge in [0.05, 0.1) is 12.0 Å². The van der Waals surface area contributed by atoms with E-state index in [0.717, 1.165) is 28.3 Å². The number of carbonyl (C=O) groups excluding carboxylic acids is 1. The van der Waals surface area contributed by atoms with Crippen LogP contribution in [-0.2, 0) is 17.8 Å². The van der Waals surface area contributed by atoms with Gasteiger partial charge < -0.3 is 14.3 Å². The normalized spacial score (nSPS) is 10.8. The van der Waals surface area contributed by atoms with Gasteiger partial charge in [-0.05, 0) is 50.1 Å². The molecule has 0 spiro atoms. The molecule has 0 bridgehead atoms. The first-order valence-electron chi connectivity index (χ1n) is 7.80. The summed E-state index contributed by atoms with van der Waals surface area (Å²) in [5, 5.41) is 6.82. The molecule has 1 N–H and O–H groups in total. The van der Waals surface area contributed by atoms with Crippen LogP contribution in [0.5, 0.6) is 0 Å². The monoisotopic (exact) mass is 325 g/mol. The van der Waals surface area contributed by atoms with Crippen LogP contribution in [0, 0.1) is 13.8 Å². The van der Waals surface area contributed by atoms with Crippen molar-refractivity contribution in [3.8, 4) is 11.5 Å². The van der Waals surface area contributed by atoms with Gasteiger partial charge in [0.1, 0.15) is 11.5 Å². The summed E-state index contributed by atoms with van der Waals surface area (Å²) in [7, 11) is 0. The Bertz CT molecular complexity index is 802. The average Bonchev–Trinajstić information content (AvgIpc) is 3.22. The Morgan fingerprint density at radius 2 is 2.17 bits per heavy atom. The van der Waals surface area contributed by atoms with Crippen molar-refractivity contribution in [1.82, 2.24) is 15.5 Å². The highest BCUT2D eigenvalue weighted by molar-refractivity contribution is 5.76. The minimum absolute atomic E-state index is 0.00800. The highest BCUT2D eigenvalue weighted by atomic mass is 16.5. The minimum Gasteiger partial charge on any atom is -0.463 e. The third-order valence-electron chi connectivity index (χ3n) is 3.87. The Balaban J connectivity index is 1.54. The molecule has 3 aromatic rings. The fourth-order valence-corrected chi connectivity index (χ4v) is 2.53. The fraction of sp³-hybridized carbons (Fsp3) is 0.278. The van der Waals surface area contributed by atoms with E-state index in [2.05, 4.69) is 15.5 Å². The first-order chi connectivity index (χ1) is 11.6. The van der Waals surface area contributed by atoms with Crippen molar-refractivity contribution in [3.05, 3.63) is 59.3 Å². The van der Waals surface area contributed by atoms with Crippen LogP contribution in [0.15, 0.2) is 45.7 Å². The zero-order valence-corrected chi connectivity index (χ0v) is 13.7. The number of aromatic nitrogens is 2. The molecule has 0 aliphatic rings. The molecule has 0 radical (unpaired) electrons. The number of carbonyl (C=O) groups is 1. The summed E-state index contributed by atoms with van der Waals surface area (Å²) < 4.78 is 10.4. The first kappa shape index (κ1) is 16.0. The topological polar surface area (TPSA) is 81.2 Å². The maximum absolute atomic E-state index is 12.1. The lowest BCUT2D eigenvalue weighted by Crippen LogP contribution is -2.23. The van der Waals surface area contributed by atoms with Gasteiger partial charge >= 0.3 is 0 Å². The second kappa shape index (κ2) is 7.12.